The maximum atomic E-state index is 14.6. The summed E-state index contributed by atoms with van der Waals surface area (Å²) in [5, 5.41) is 0. The fourth-order valence-corrected chi connectivity index (χ4v) is 3.13. The molecule has 1 nitrogen and oxygen atoms in total. The minimum absolute atomic E-state index is 0.0945. The highest BCUT2D eigenvalue weighted by Crippen LogP contribution is 2.38. The summed E-state index contributed by atoms with van der Waals surface area (Å²) in [5.41, 5.74) is -2.19. The van der Waals surface area contributed by atoms with E-state index < -0.39 is 46.6 Å². The van der Waals surface area contributed by atoms with Gasteiger partial charge in [0.25, 0.3) is 0 Å². The van der Waals surface area contributed by atoms with Gasteiger partial charge in [0, 0.05) is 11.6 Å². The molecule has 3 aromatic rings. The van der Waals surface area contributed by atoms with Gasteiger partial charge < -0.3 is 4.74 Å². The van der Waals surface area contributed by atoms with E-state index >= 15 is 0 Å². The average molecular weight is 460 g/mol. The largest absolute Gasteiger partial charge is 0.429 e. The minimum atomic E-state index is -5.04. The molecule has 170 valence electrons. The van der Waals surface area contributed by atoms with Gasteiger partial charge in [0.05, 0.1) is 5.56 Å². The van der Waals surface area contributed by atoms with Gasteiger partial charge in [0.2, 0.25) is 0 Å². The van der Waals surface area contributed by atoms with Crippen LogP contribution in [0.15, 0.2) is 54.6 Å². The maximum Gasteiger partial charge on any atom is 0.429 e. The first-order chi connectivity index (χ1) is 14.9. The predicted octanol–water partition coefficient (Wildman–Crippen LogP) is 7.87. The molecule has 0 saturated heterocycles. The zero-order valence-electron chi connectivity index (χ0n) is 16.5. The summed E-state index contributed by atoms with van der Waals surface area (Å²) < 4.78 is 114. The Bertz CT molecular complexity index is 1100. The molecule has 0 amide bonds. The monoisotopic (exact) mass is 460 g/mol. The van der Waals surface area contributed by atoms with E-state index in [9.17, 15) is 35.1 Å². The molecule has 0 radical (unpaired) electrons. The van der Waals surface area contributed by atoms with Gasteiger partial charge in [-0.15, -0.1) is 0 Å². The standard InChI is InChI=1S/C23H16F8O/c1-2-3-13-4-6-14(7-5-13)16-9-11-18(21(26)20(16)25)23(30,31)32-15-8-10-17(19(24)12-15)22(27,28)29/h4-12H,2-3H2,1H3. The second kappa shape index (κ2) is 8.80. The summed E-state index contributed by atoms with van der Waals surface area (Å²) in [7, 11) is 0. The molecule has 0 aromatic heterocycles. The Kier molecular flexibility index (Phi) is 6.48. The van der Waals surface area contributed by atoms with E-state index in [1.807, 2.05) is 6.92 Å². The Balaban J connectivity index is 1.90. The first-order valence-electron chi connectivity index (χ1n) is 9.45. The Morgan fingerprint density at radius 2 is 1.38 bits per heavy atom. The zero-order chi connectivity index (χ0) is 23.7. The lowest BCUT2D eigenvalue weighted by Gasteiger charge is -2.20. The van der Waals surface area contributed by atoms with Crippen molar-refractivity contribution in [1.82, 2.24) is 0 Å². The number of rotatable bonds is 6. The number of hydrogen-bond acceptors (Lipinski definition) is 1. The fourth-order valence-electron chi connectivity index (χ4n) is 3.13. The molecule has 0 saturated carbocycles. The van der Waals surface area contributed by atoms with Crippen molar-refractivity contribution >= 4 is 0 Å². The van der Waals surface area contributed by atoms with Gasteiger partial charge in [0.15, 0.2) is 11.6 Å². The topological polar surface area (TPSA) is 9.23 Å². The first kappa shape index (κ1) is 23.6. The Hall–Kier alpha value is -3.10. The molecule has 32 heavy (non-hydrogen) atoms. The Labute approximate surface area is 178 Å². The predicted molar refractivity (Wildman–Crippen MR) is 102 cm³/mol. The number of aryl methyl sites for hydroxylation is 1. The van der Waals surface area contributed by atoms with Gasteiger partial charge >= 0.3 is 12.3 Å². The van der Waals surface area contributed by atoms with Crippen molar-refractivity contribution in [3.8, 4) is 16.9 Å². The van der Waals surface area contributed by atoms with Crippen LogP contribution in [0.3, 0.4) is 0 Å². The second-order valence-electron chi connectivity index (χ2n) is 6.99. The van der Waals surface area contributed by atoms with E-state index in [2.05, 4.69) is 4.74 Å². The minimum Gasteiger partial charge on any atom is -0.429 e. The normalized spacial score (nSPS) is 12.2. The molecule has 0 aliphatic carbocycles. The Morgan fingerprint density at radius 1 is 0.750 bits per heavy atom. The smallest absolute Gasteiger partial charge is 0.429 e. The van der Waals surface area contributed by atoms with Gasteiger partial charge in [-0.05, 0) is 35.7 Å². The first-order valence-corrected chi connectivity index (χ1v) is 9.45. The van der Waals surface area contributed by atoms with Crippen molar-refractivity contribution in [3.05, 3.63) is 88.7 Å². The van der Waals surface area contributed by atoms with Crippen LogP contribution in [-0.2, 0) is 18.7 Å². The molecule has 0 atom stereocenters. The summed E-state index contributed by atoms with van der Waals surface area (Å²) in [5.74, 6) is -6.28. The van der Waals surface area contributed by atoms with Crippen LogP contribution in [-0.4, -0.2) is 0 Å². The molecule has 0 heterocycles. The summed E-state index contributed by atoms with van der Waals surface area (Å²) in [4.78, 5) is 0. The quantitative estimate of drug-likeness (QED) is 0.340. The molecule has 9 heteroatoms. The Morgan fingerprint density at radius 3 is 1.94 bits per heavy atom. The van der Waals surface area contributed by atoms with Crippen LogP contribution < -0.4 is 4.74 Å². The van der Waals surface area contributed by atoms with E-state index in [0.29, 0.717) is 12.1 Å². The van der Waals surface area contributed by atoms with E-state index in [1.54, 1.807) is 12.1 Å². The van der Waals surface area contributed by atoms with Crippen molar-refractivity contribution in [2.24, 2.45) is 0 Å². The molecule has 0 spiro atoms. The van der Waals surface area contributed by atoms with Crippen molar-refractivity contribution in [3.63, 3.8) is 0 Å². The summed E-state index contributed by atoms with van der Waals surface area (Å²) in [6, 6.07) is 8.79. The van der Waals surface area contributed by atoms with Crippen molar-refractivity contribution in [1.29, 1.82) is 0 Å². The van der Waals surface area contributed by atoms with Gasteiger partial charge in [-0.3, -0.25) is 0 Å². The number of halogens is 8. The van der Waals surface area contributed by atoms with Crippen LogP contribution in [0.2, 0.25) is 0 Å². The van der Waals surface area contributed by atoms with Crippen molar-refractivity contribution in [2.45, 2.75) is 32.1 Å². The number of hydrogen-bond donors (Lipinski definition) is 0. The highest BCUT2D eigenvalue weighted by Gasteiger charge is 2.40. The highest BCUT2D eigenvalue weighted by molar-refractivity contribution is 5.65. The number of benzene rings is 3. The molecule has 0 fully saturated rings. The summed E-state index contributed by atoms with van der Waals surface area (Å²) in [6.07, 6.45) is -7.86. The lowest BCUT2D eigenvalue weighted by atomic mass is 10.00. The molecule has 3 rings (SSSR count). The molecule has 0 unspecified atom stereocenters. The lowest BCUT2D eigenvalue weighted by molar-refractivity contribution is -0.187. The van der Waals surface area contributed by atoms with Gasteiger partial charge in [-0.25, -0.2) is 13.2 Å². The highest BCUT2D eigenvalue weighted by atomic mass is 19.4. The number of ether oxygens (including phenoxy) is 1. The average Bonchev–Trinajstić information content (AvgIpc) is 2.69. The molecule has 0 aliphatic heterocycles. The third-order valence-corrected chi connectivity index (χ3v) is 4.69. The van der Waals surface area contributed by atoms with E-state index in [-0.39, 0.29) is 23.3 Å². The second-order valence-corrected chi connectivity index (χ2v) is 6.99. The van der Waals surface area contributed by atoms with Crippen LogP contribution in [0.5, 0.6) is 5.75 Å². The van der Waals surface area contributed by atoms with Gasteiger partial charge in [-0.1, -0.05) is 43.7 Å². The van der Waals surface area contributed by atoms with Gasteiger partial charge in [0.1, 0.15) is 17.1 Å². The third kappa shape index (κ3) is 4.87. The SMILES string of the molecule is CCCc1ccc(-c2ccc(C(F)(F)Oc3ccc(C(F)(F)F)c(F)c3)c(F)c2F)cc1. The molecule has 0 N–H and O–H groups in total. The van der Waals surface area contributed by atoms with Crippen molar-refractivity contribution < 1.29 is 39.9 Å². The van der Waals surface area contributed by atoms with Crippen LogP contribution in [0, 0.1) is 17.5 Å². The molecular weight excluding hydrogens is 444 g/mol. The van der Waals surface area contributed by atoms with Crippen molar-refractivity contribution in [2.75, 3.05) is 0 Å². The van der Waals surface area contributed by atoms with Gasteiger partial charge in [-0.2, -0.15) is 22.0 Å². The summed E-state index contributed by atoms with van der Waals surface area (Å²) in [6.45, 7) is 1.98. The van der Waals surface area contributed by atoms with Crippen LogP contribution in [0.1, 0.15) is 30.0 Å². The summed E-state index contributed by atoms with van der Waals surface area (Å²) >= 11 is 0. The fraction of sp³-hybridized carbons (Fsp3) is 0.217. The van der Waals surface area contributed by atoms with Crippen LogP contribution >= 0.6 is 0 Å². The molecule has 0 bridgehead atoms. The third-order valence-electron chi connectivity index (χ3n) is 4.69. The van der Waals surface area contributed by atoms with E-state index in [4.69, 9.17) is 0 Å². The number of alkyl halides is 5. The zero-order valence-corrected chi connectivity index (χ0v) is 16.5. The maximum absolute atomic E-state index is 14.6. The van der Waals surface area contributed by atoms with E-state index in [0.717, 1.165) is 24.5 Å². The van der Waals surface area contributed by atoms with E-state index in [1.165, 1.54) is 12.1 Å². The lowest BCUT2D eigenvalue weighted by Crippen LogP contribution is -2.24. The molecule has 0 aliphatic rings. The van der Waals surface area contributed by atoms with Crippen LogP contribution in [0.4, 0.5) is 35.1 Å². The molecular formula is C23H16F8O. The molecule has 3 aromatic carbocycles. The van der Waals surface area contributed by atoms with Crippen LogP contribution in [0.25, 0.3) is 11.1 Å².